The van der Waals surface area contributed by atoms with Gasteiger partial charge in [0, 0.05) is 18.7 Å². The molecule has 1 aromatic carbocycles. The first kappa shape index (κ1) is 13.0. The maximum Gasteiger partial charge on any atom is 0.201 e. The zero-order valence-corrected chi connectivity index (χ0v) is 12.5. The van der Waals surface area contributed by atoms with Crippen molar-refractivity contribution in [3.63, 3.8) is 0 Å². The average molecular weight is 286 g/mol. The zero-order chi connectivity index (χ0) is 14.4. The quantitative estimate of drug-likeness (QED) is 0.921. The summed E-state index contributed by atoms with van der Waals surface area (Å²) in [4.78, 5) is 7.16. The lowest BCUT2D eigenvalue weighted by Gasteiger charge is -2.33. The molecule has 112 valence electrons. The molecule has 2 aliphatic heterocycles. The van der Waals surface area contributed by atoms with E-state index in [-0.39, 0.29) is 0 Å². The highest BCUT2D eigenvalue weighted by molar-refractivity contribution is 5.80. The Labute approximate surface area is 124 Å². The molecule has 1 aromatic heterocycles. The van der Waals surface area contributed by atoms with Crippen molar-refractivity contribution in [3.05, 3.63) is 18.2 Å². The second-order valence-corrected chi connectivity index (χ2v) is 6.15. The Kier molecular flexibility index (Phi) is 3.03. The van der Waals surface area contributed by atoms with Gasteiger partial charge in [0.1, 0.15) is 5.75 Å². The van der Waals surface area contributed by atoms with E-state index in [1.54, 1.807) is 7.11 Å². The number of benzene rings is 1. The molecule has 0 spiro atoms. The molecule has 2 fully saturated rings. The molecule has 0 saturated carbocycles. The van der Waals surface area contributed by atoms with Gasteiger partial charge in [-0.3, -0.25) is 4.90 Å². The van der Waals surface area contributed by atoms with Crippen LogP contribution >= 0.6 is 0 Å². The fourth-order valence-corrected chi connectivity index (χ4v) is 4.09. The summed E-state index contributed by atoms with van der Waals surface area (Å²) in [7, 11) is 1.70. The number of nitrogen functional groups attached to an aromatic ring is 1. The first-order chi connectivity index (χ1) is 10.3. The largest absolute Gasteiger partial charge is 0.497 e. The van der Waals surface area contributed by atoms with Gasteiger partial charge in [0.05, 0.1) is 24.2 Å². The molecule has 5 heteroatoms. The number of aromatic nitrogens is 2. The van der Waals surface area contributed by atoms with E-state index in [0.29, 0.717) is 18.0 Å². The molecule has 2 unspecified atom stereocenters. The van der Waals surface area contributed by atoms with Crippen LogP contribution in [-0.2, 0) is 0 Å². The number of piperidine rings is 1. The van der Waals surface area contributed by atoms with E-state index in [4.69, 9.17) is 10.5 Å². The Balaban J connectivity index is 1.80. The second kappa shape index (κ2) is 4.91. The third-order valence-electron chi connectivity index (χ3n) is 5.08. The Bertz CT molecular complexity index is 666. The van der Waals surface area contributed by atoms with Crippen LogP contribution in [0.3, 0.4) is 0 Å². The highest BCUT2D eigenvalue weighted by Crippen LogP contribution is 2.38. The highest BCUT2D eigenvalue weighted by Gasteiger charge is 2.37. The van der Waals surface area contributed by atoms with Crippen molar-refractivity contribution in [3.8, 4) is 5.75 Å². The van der Waals surface area contributed by atoms with Crippen molar-refractivity contribution >= 4 is 17.0 Å². The normalized spacial score (nSPS) is 26.1. The van der Waals surface area contributed by atoms with E-state index < -0.39 is 0 Å². The molecule has 0 radical (unpaired) electrons. The maximum absolute atomic E-state index is 6.24. The van der Waals surface area contributed by atoms with Crippen molar-refractivity contribution in [2.45, 2.75) is 37.8 Å². The molecular weight excluding hydrogens is 264 g/mol. The van der Waals surface area contributed by atoms with Gasteiger partial charge >= 0.3 is 0 Å². The molecular formula is C16H22N4O. The van der Waals surface area contributed by atoms with Crippen LogP contribution in [-0.4, -0.2) is 40.7 Å². The Morgan fingerprint density at radius 2 is 2.10 bits per heavy atom. The molecule has 2 atom stereocenters. The summed E-state index contributed by atoms with van der Waals surface area (Å²) in [6, 6.07) is 7.06. The van der Waals surface area contributed by atoms with E-state index in [1.807, 2.05) is 12.1 Å². The fourth-order valence-electron chi connectivity index (χ4n) is 4.09. The van der Waals surface area contributed by atoms with Gasteiger partial charge in [-0.05, 0) is 37.9 Å². The Hall–Kier alpha value is -1.75. The summed E-state index contributed by atoms with van der Waals surface area (Å²) in [5.41, 5.74) is 8.30. The standard InChI is InChI=1S/C16H22N4O/c1-21-11-5-6-12-15(10-11)20(16(17)18-12)14-7-9-19-8-3-2-4-13(14)19/h5-6,10,13-14H,2-4,7-9H2,1H3,(H2,17,18). The highest BCUT2D eigenvalue weighted by atomic mass is 16.5. The minimum absolute atomic E-state index is 0.447. The summed E-state index contributed by atoms with van der Waals surface area (Å²) >= 11 is 0. The molecule has 0 aliphatic carbocycles. The Morgan fingerprint density at radius 3 is 2.95 bits per heavy atom. The van der Waals surface area contributed by atoms with Gasteiger partial charge in [0.2, 0.25) is 5.95 Å². The van der Waals surface area contributed by atoms with Gasteiger partial charge in [-0.25, -0.2) is 4.98 Å². The monoisotopic (exact) mass is 286 g/mol. The average Bonchev–Trinajstić information content (AvgIpc) is 3.06. The van der Waals surface area contributed by atoms with Crippen LogP contribution in [0.15, 0.2) is 18.2 Å². The van der Waals surface area contributed by atoms with Crippen molar-refractivity contribution in [1.82, 2.24) is 14.5 Å². The molecule has 2 saturated heterocycles. The number of rotatable bonds is 2. The smallest absolute Gasteiger partial charge is 0.201 e. The number of imidazole rings is 1. The number of nitrogens with two attached hydrogens (primary N) is 1. The third-order valence-corrected chi connectivity index (χ3v) is 5.08. The number of hydrogen-bond acceptors (Lipinski definition) is 4. The number of fused-ring (bicyclic) bond motifs is 2. The first-order valence-electron chi connectivity index (χ1n) is 7.83. The van der Waals surface area contributed by atoms with E-state index in [0.717, 1.165) is 23.2 Å². The number of anilines is 1. The number of hydrogen-bond donors (Lipinski definition) is 1. The molecule has 0 bridgehead atoms. The predicted molar refractivity (Wildman–Crippen MR) is 83.6 cm³/mol. The summed E-state index contributed by atoms with van der Waals surface area (Å²) < 4.78 is 7.61. The van der Waals surface area contributed by atoms with Gasteiger partial charge in [0.25, 0.3) is 0 Å². The lowest BCUT2D eigenvalue weighted by molar-refractivity contribution is 0.175. The van der Waals surface area contributed by atoms with Gasteiger partial charge in [-0.1, -0.05) is 6.42 Å². The number of methoxy groups -OCH3 is 1. The number of ether oxygens (including phenoxy) is 1. The summed E-state index contributed by atoms with van der Waals surface area (Å²) in [5, 5.41) is 0. The van der Waals surface area contributed by atoms with Crippen LogP contribution in [0.1, 0.15) is 31.7 Å². The van der Waals surface area contributed by atoms with Gasteiger partial charge in [-0.2, -0.15) is 0 Å². The molecule has 21 heavy (non-hydrogen) atoms. The molecule has 5 nitrogen and oxygen atoms in total. The van der Waals surface area contributed by atoms with E-state index in [9.17, 15) is 0 Å². The Morgan fingerprint density at radius 1 is 1.19 bits per heavy atom. The van der Waals surface area contributed by atoms with Crippen LogP contribution in [0.2, 0.25) is 0 Å². The molecule has 3 heterocycles. The van der Waals surface area contributed by atoms with Crippen molar-refractivity contribution in [2.24, 2.45) is 0 Å². The lowest BCUT2D eigenvalue weighted by atomic mass is 9.98. The third kappa shape index (κ3) is 1.99. The fraction of sp³-hybridized carbons (Fsp3) is 0.562. The summed E-state index contributed by atoms with van der Waals surface area (Å²) in [5.74, 6) is 1.50. The van der Waals surface area contributed by atoms with Gasteiger partial charge < -0.3 is 15.0 Å². The van der Waals surface area contributed by atoms with E-state index in [2.05, 4.69) is 20.5 Å². The predicted octanol–water partition coefficient (Wildman–Crippen LogP) is 2.43. The van der Waals surface area contributed by atoms with E-state index >= 15 is 0 Å². The molecule has 2 aliphatic rings. The van der Waals surface area contributed by atoms with Gasteiger partial charge in [-0.15, -0.1) is 0 Å². The van der Waals surface area contributed by atoms with Gasteiger partial charge in [0.15, 0.2) is 0 Å². The topological polar surface area (TPSA) is 56.3 Å². The van der Waals surface area contributed by atoms with Crippen LogP contribution in [0.25, 0.3) is 11.0 Å². The maximum atomic E-state index is 6.24. The van der Waals surface area contributed by atoms with Crippen molar-refractivity contribution < 1.29 is 4.74 Å². The summed E-state index contributed by atoms with van der Waals surface area (Å²) in [6.07, 6.45) is 5.09. The zero-order valence-electron chi connectivity index (χ0n) is 12.5. The van der Waals surface area contributed by atoms with Crippen LogP contribution in [0.5, 0.6) is 5.75 Å². The van der Waals surface area contributed by atoms with Crippen molar-refractivity contribution in [2.75, 3.05) is 25.9 Å². The second-order valence-electron chi connectivity index (χ2n) is 6.15. The molecule has 0 amide bonds. The van der Waals surface area contributed by atoms with Crippen LogP contribution < -0.4 is 10.5 Å². The van der Waals surface area contributed by atoms with Crippen LogP contribution in [0, 0.1) is 0 Å². The SMILES string of the molecule is COc1ccc2nc(N)n(C3CCN4CCCCC34)c2c1. The van der Waals surface area contributed by atoms with E-state index in [1.165, 1.54) is 32.4 Å². The molecule has 2 aromatic rings. The van der Waals surface area contributed by atoms with Crippen LogP contribution in [0.4, 0.5) is 5.95 Å². The first-order valence-corrected chi connectivity index (χ1v) is 7.83. The molecule has 2 N–H and O–H groups in total. The summed E-state index contributed by atoms with van der Waals surface area (Å²) in [6.45, 7) is 2.41. The minimum atomic E-state index is 0.447. The lowest BCUT2D eigenvalue weighted by Crippen LogP contribution is -2.37. The van der Waals surface area contributed by atoms with Crippen molar-refractivity contribution in [1.29, 1.82) is 0 Å². The minimum Gasteiger partial charge on any atom is -0.497 e. The molecule has 4 rings (SSSR count). The number of nitrogens with zero attached hydrogens (tertiary/aromatic N) is 3.